The lowest BCUT2D eigenvalue weighted by Gasteiger charge is -2.13. The summed E-state index contributed by atoms with van der Waals surface area (Å²) in [5.74, 6) is 0. The van der Waals surface area contributed by atoms with Crippen LogP contribution in [0.15, 0.2) is 30.3 Å². The Balaban J connectivity index is 0.000000861. The molecule has 0 bridgehead atoms. The Labute approximate surface area is 121 Å². The zero-order chi connectivity index (χ0) is 14.4. The Morgan fingerprint density at radius 2 is 1.68 bits per heavy atom. The molecule has 0 saturated heterocycles. The molecule has 0 atom stereocenters. The highest BCUT2D eigenvalue weighted by Crippen LogP contribution is 2.34. The van der Waals surface area contributed by atoms with Crippen LogP contribution in [-0.2, 0) is 6.54 Å². The van der Waals surface area contributed by atoms with Crippen molar-refractivity contribution in [2.75, 3.05) is 14.1 Å². The summed E-state index contributed by atoms with van der Waals surface area (Å²) in [5, 5.41) is 0. The van der Waals surface area contributed by atoms with Crippen LogP contribution in [-0.4, -0.2) is 19.0 Å². The summed E-state index contributed by atoms with van der Waals surface area (Å²) < 4.78 is 0. The van der Waals surface area contributed by atoms with Crippen molar-refractivity contribution in [3.63, 3.8) is 0 Å². The molecule has 0 N–H and O–H groups in total. The number of hydrogen-bond donors (Lipinski definition) is 0. The lowest BCUT2D eigenvalue weighted by molar-refractivity contribution is 0.403. The van der Waals surface area contributed by atoms with Gasteiger partial charge < -0.3 is 4.90 Å². The monoisotopic (exact) mass is 275 g/mol. The minimum Gasteiger partial charge on any atom is -0.305 e. The second-order valence-corrected chi connectivity index (χ2v) is 6.02. The summed E-state index contributed by atoms with van der Waals surface area (Å²) >= 11 is 1.89. The molecule has 2 heteroatoms. The first kappa shape index (κ1) is 15.9. The lowest BCUT2D eigenvalue weighted by atomic mass is 10.0. The Morgan fingerprint density at radius 3 is 2.21 bits per heavy atom. The van der Waals surface area contributed by atoms with Crippen molar-refractivity contribution in [2.45, 2.75) is 34.2 Å². The molecule has 1 aromatic carbocycles. The van der Waals surface area contributed by atoms with Gasteiger partial charge in [0, 0.05) is 16.3 Å². The molecular weight excluding hydrogens is 250 g/mol. The molecule has 0 aliphatic heterocycles. The van der Waals surface area contributed by atoms with Gasteiger partial charge >= 0.3 is 0 Å². The van der Waals surface area contributed by atoms with E-state index in [0.717, 1.165) is 6.54 Å². The number of rotatable bonds is 3. The molecular formula is C17H25NS. The third-order valence-electron chi connectivity index (χ3n) is 2.79. The van der Waals surface area contributed by atoms with E-state index in [-0.39, 0.29) is 0 Å². The van der Waals surface area contributed by atoms with E-state index in [1.165, 1.54) is 26.4 Å². The van der Waals surface area contributed by atoms with Crippen molar-refractivity contribution in [1.29, 1.82) is 0 Å². The van der Waals surface area contributed by atoms with E-state index >= 15 is 0 Å². The first-order valence-corrected chi connectivity index (χ1v) is 7.69. The third-order valence-corrected chi connectivity index (χ3v) is 3.98. The highest BCUT2D eigenvalue weighted by Gasteiger charge is 2.10. The number of thiophene rings is 1. The van der Waals surface area contributed by atoms with Crippen molar-refractivity contribution in [2.24, 2.45) is 0 Å². The summed E-state index contributed by atoms with van der Waals surface area (Å²) in [4.78, 5) is 5.02. The maximum absolute atomic E-state index is 2.27. The predicted octanol–water partition coefficient (Wildman–Crippen LogP) is 5.12. The van der Waals surface area contributed by atoms with Gasteiger partial charge in [-0.15, -0.1) is 11.3 Å². The van der Waals surface area contributed by atoms with Gasteiger partial charge in [0.05, 0.1) is 0 Å². The highest BCUT2D eigenvalue weighted by molar-refractivity contribution is 7.15. The van der Waals surface area contributed by atoms with Crippen molar-refractivity contribution in [3.8, 4) is 10.4 Å². The summed E-state index contributed by atoms with van der Waals surface area (Å²) in [6, 6.07) is 11.0. The summed E-state index contributed by atoms with van der Waals surface area (Å²) in [6.45, 7) is 9.37. The maximum Gasteiger partial charge on any atom is 0.0377 e. The van der Waals surface area contributed by atoms with Crippen LogP contribution in [0.1, 0.15) is 29.9 Å². The van der Waals surface area contributed by atoms with Gasteiger partial charge in [-0.3, -0.25) is 0 Å². The fourth-order valence-corrected chi connectivity index (χ4v) is 3.22. The zero-order valence-electron chi connectivity index (χ0n) is 12.9. The Hall–Kier alpha value is -1.12. The van der Waals surface area contributed by atoms with Crippen molar-refractivity contribution >= 4 is 11.3 Å². The molecule has 0 spiro atoms. The Morgan fingerprint density at radius 1 is 1.05 bits per heavy atom. The number of benzene rings is 1. The van der Waals surface area contributed by atoms with E-state index < -0.39 is 0 Å². The second-order valence-electron chi connectivity index (χ2n) is 4.76. The molecule has 19 heavy (non-hydrogen) atoms. The Kier molecular flexibility index (Phi) is 6.26. The molecule has 0 radical (unpaired) electrons. The molecule has 2 aromatic rings. The number of aryl methyl sites for hydroxylation is 2. The normalized spacial score (nSPS) is 10.3. The topological polar surface area (TPSA) is 3.24 Å². The van der Waals surface area contributed by atoms with Crippen molar-refractivity contribution in [1.82, 2.24) is 4.90 Å². The minimum absolute atomic E-state index is 0.993. The van der Waals surface area contributed by atoms with Crippen molar-refractivity contribution in [3.05, 3.63) is 46.3 Å². The summed E-state index contributed by atoms with van der Waals surface area (Å²) in [6.07, 6.45) is 0. The zero-order valence-corrected chi connectivity index (χ0v) is 13.8. The van der Waals surface area contributed by atoms with E-state index in [1.807, 2.05) is 25.2 Å². The second kappa shape index (κ2) is 7.46. The highest BCUT2D eigenvalue weighted by atomic mass is 32.1. The van der Waals surface area contributed by atoms with E-state index in [0.29, 0.717) is 0 Å². The summed E-state index contributed by atoms with van der Waals surface area (Å²) in [7, 11) is 4.23. The molecule has 1 nitrogen and oxygen atoms in total. The predicted molar refractivity (Wildman–Crippen MR) is 88.0 cm³/mol. The van der Waals surface area contributed by atoms with Gasteiger partial charge in [-0.1, -0.05) is 38.1 Å². The lowest BCUT2D eigenvalue weighted by Crippen LogP contribution is -2.11. The third kappa shape index (κ3) is 4.19. The van der Waals surface area contributed by atoms with Crippen LogP contribution in [0.25, 0.3) is 10.4 Å². The first-order valence-electron chi connectivity index (χ1n) is 6.88. The van der Waals surface area contributed by atoms with Crippen LogP contribution < -0.4 is 0 Å². The van der Waals surface area contributed by atoms with Gasteiger partial charge in [0.2, 0.25) is 0 Å². The van der Waals surface area contributed by atoms with Gasteiger partial charge in [0.25, 0.3) is 0 Å². The molecule has 0 aliphatic carbocycles. The maximum atomic E-state index is 2.27. The van der Waals surface area contributed by atoms with Gasteiger partial charge in [0.1, 0.15) is 0 Å². The average Bonchev–Trinajstić information content (AvgIpc) is 2.71. The average molecular weight is 275 g/mol. The fourth-order valence-electron chi connectivity index (χ4n) is 2.13. The molecule has 0 aliphatic rings. The molecule has 0 unspecified atom stereocenters. The molecule has 2 rings (SSSR count). The van der Waals surface area contributed by atoms with Gasteiger partial charge in [-0.25, -0.2) is 0 Å². The standard InChI is InChI=1S/C15H19NS.C2H6/c1-11-9-12(2)17-15(11)14-8-6-5-7-13(14)10-16(3)4;1-2/h5-9H,10H2,1-4H3;1-2H3. The van der Waals surface area contributed by atoms with Crippen LogP contribution >= 0.6 is 11.3 Å². The van der Waals surface area contributed by atoms with Crippen LogP contribution in [0, 0.1) is 13.8 Å². The van der Waals surface area contributed by atoms with Crippen LogP contribution in [0.4, 0.5) is 0 Å². The molecule has 0 fully saturated rings. The molecule has 0 amide bonds. The molecule has 0 saturated carbocycles. The molecule has 1 aromatic heterocycles. The van der Waals surface area contributed by atoms with E-state index in [4.69, 9.17) is 0 Å². The van der Waals surface area contributed by atoms with Crippen LogP contribution in [0.3, 0.4) is 0 Å². The van der Waals surface area contributed by atoms with Crippen LogP contribution in [0.5, 0.6) is 0 Å². The van der Waals surface area contributed by atoms with Gasteiger partial charge in [-0.05, 0) is 50.7 Å². The summed E-state index contributed by atoms with van der Waals surface area (Å²) in [5.41, 5.74) is 4.18. The minimum atomic E-state index is 0.993. The van der Waals surface area contributed by atoms with Crippen molar-refractivity contribution < 1.29 is 0 Å². The van der Waals surface area contributed by atoms with Gasteiger partial charge in [0.15, 0.2) is 0 Å². The smallest absolute Gasteiger partial charge is 0.0377 e. The Bertz CT molecular complexity index is 512. The van der Waals surface area contributed by atoms with E-state index in [1.54, 1.807) is 0 Å². The SMILES string of the molecule is CC.Cc1cc(C)c(-c2ccccc2CN(C)C)s1. The van der Waals surface area contributed by atoms with Crippen LogP contribution in [0.2, 0.25) is 0 Å². The number of hydrogen-bond acceptors (Lipinski definition) is 2. The number of nitrogens with zero attached hydrogens (tertiary/aromatic N) is 1. The van der Waals surface area contributed by atoms with E-state index in [9.17, 15) is 0 Å². The largest absolute Gasteiger partial charge is 0.305 e. The molecule has 104 valence electrons. The fraction of sp³-hybridized carbons (Fsp3) is 0.412. The molecule has 1 heterocycles. The van der Waals surface area contributed by atoms with Gasteiger partial charge in [-0.2, -0.15) is 0 Å². The van der Waals surface area contributed by atoms with E-state index in [2.05, 4.69) is 63.2 Å². The quantitative estimate of drug-likeness (QED) is 0.751. The first-order chi connectivity index (χ1) is 9.08.